The van der Waals surface area contributed by atoms with E-state index in [9.17, 15) is 25.1 Å². The number of halogens is 2. The summed E-state index contributed by atoms with van der Waals surface area (Å²) in [6.45, 7) is 1.44. The Morgan fingerprint density at radius 2 is 1.95 bits per heavy atom. The van der Waals surface area contributed by atoms with Crippen molar-refractivity contribution in [2.45, 2.75) is 25.6 Å². The molecule has 0 bridgehead atoms. The second-order valence-electron chi connectivity index (χ2n) is 4.37. The number of aliphatic hydroxyl groups is 2. The molecule has 0 fully saturated rings. The third-order valence-corrected chi connectivity index (χ3v) is 3.49. The van der Waals surface area contributed by atoms with Crippen LogP contribution in [-0.2, 0) is 4.79 Å². The Hall–Kier alpha value is -1.41. The predicted molar refractivity (Wildman–Crippen MR) is 77.4 cm³/mol. The molecule has 1 aromatic rings. The molecular weight excluding hydrogens is 323 g/mol. The lowest BCUT2D eigenvalue weighted by molar-refractivity contribution is -0.386. The molecule has 0 aliphatic carbocycles. The predicted octanol–water partition coefficient (Wildman–Crippen LogP) is 1.82. The van der Waals surface area contributed by atoms with Crippen LogP contribution in [0.25, 0.3) is 0 Å². The number of hydrogen-bond donors (Lipinski definition) is 3. The van der Waals surface area contributed by atoms with E-state index in [2.05, 4.69) is 5.32 Å². The van der Waals surface area contributed by atoms with Crippen molar-refractivity contribution in [3.63, 3.8) is 0 Å². The van der Waals surface area contributed by atoms with Gasteiger partial charge in [-0.25, -0.2) is 0 Å². The van der Waals surface area contributed by atoms with E-state index in [-0.39, 0.29) is 34.5 Å². The number of nitrogens with one attached hydrogen (secondary N) is 1. The molecule has 116 valence electrons. The fraction of sp³-hybridized carbons (Fsp3) is 0.417. The molecular formula is C12H14Cl2N2O5. The Kier molecular flexibility index (Phi) is 6.35. The summed E-state index contributed by atoms with van der Waals surface area (Å²) >= 11 is 11.5. The highest BCUT2D eigenvalue weighted by molar-refractivity contribution is 6.42. The smallest absolute Gasteiger partial charge is 0.276 e. The number of nitrogens with zero attached hydrogens (tertiary/aromatic N) is 1. The Labute approximate surface area is 130 Å². The van der Waals surface area contributed by atoms with Gasteiger partial charge in [0.05, 0.1) is 26.6 Å². The molecule has 0 saturated heterocycles. The number of rotatable bonds is 6. The molecule has 0 aliphatic rings. The molecule has 0 spiro atoms. The Morgan fingerprint density at radius 1 is 1.38 bits per heavy atom. The van der Waals surface area contributed by atoms with Gasteiger partial charge in [0, 0.05) is 19.5 Å². The fourth-order valence-electron chi connectivity index (χ4n) is 1.71. The van der Waals surface area contributed by atoms with Gasteiger partial charge in [-0.3, -0.25) is 14.9 Å². The minimum absolute atomic E-state index is 0.0212. The van der Waals surface area contributed by atoms with Crippen molar-refractivity contribution in [3.8, 4) is 0 Å². The van der Waals surface area contributed by atoms with Gasteiger partial charge in [-0.15, -0.1) is 0 Å². The minimum atomic E-state index is -1.52. The second-order valence-corrected chi connectivity index (χ2v) is 5.18. The minimum Gasteiger partial charge on any atom is -0.390 e. The zero-order valence-corrected chi connectivity index (χ0v) is 12.6. The molecule has 1 aromatic carbocycles. The van der Waals surface area contributed by atoms with E-state index in [4.69, 9.17) is 23.2 Å². The SMILES string of the molecule is CC(=O)NCCC(O)C(O)c1cc(Cl)c(Cl)cc1[N+](=O)[O-]. The normalized spacial score (nSPS) is 13.6. The van der Waals surface area contributed by atoms with Crippen molar-refractivity contribution in [3.05, 3.63) is 37.9 Å². The first kappa shape index (κ1) is 17.6. The topological polar surface area (TPSA) is 113 Å². The zero-order valence-electron chi connectivity index (χ0n) is 11.0. The zero-order chi connectivity index (χ0) is 16.2. The van der Waals surface area contributed by atoms with Crippen molar-refractivity contribution in [2.75, 3.05) is 6.54 Å². The molecule has 0 aliphatic heterocycles. The molecule has 0 saturated carbocycles. The van der Waals surface area contributed by atoms with E-state index >= 15 is 0 Å². The van der Waals surface area contributed by atoms with Gasteiger partial charge in [-0.2, -0.15) is 0 Å². The molecule has 0 heterocycles. The Morgan fingerprint density at radius 3 is 2.48 bits per heavy atom. The van der Waals surface area contributed by atoms with Gasteiger partial charge in [-0.1, -0.05) is 23.2 Å². The molecule has 1 rings (SSSR count). The highest BCUT2D eigenvalue weighted by atomic mass is 35.5. The summed E-state index contributed by atoms with van der Waals surface area (Å²) in [4.78, 5) is 21.0. The Balaban J connectivity index is 2.95. The number of nitro benzene ring substituents is 1. The summed E-state index contributed by atoms with van der Waals surface area (Å²) in [6.07, 6.45) is -2.79. The van der Waals surface area contributed by atoms with Crippen molar-refractivity contribution >= 4 is 34.8 Å². The maximum Gasteiger partial charge on any atom is 0.276 e. The van der Waals surface area contributed by atoms with Gasteiger partial charge in [0.25, 0.3) is 5.69 Å². The van der Waals surface area contributed by atoms with Crippen LogP contribution >= 0.6 is 23.2 Å². The lowest BCUT2D eigenvalue weighted by Gasteiger charge is -2.18. The number of carbonyl (C=O) groups excluding carboxylic acids is 1. The van der Waals surface area contributed by atoms with Gasteiger partial charge in [0.2, 0.25) is 5.91 Å². The van der Waals surface area contributed by atoms with E-state index in [1.165, 1.54) is 6.92 Å². The highest BCUT2D eigenvalue weighted by Gasteiger charge is 2.27. The summed E-state index contributed by atoms with van der Waals surface area (Å²) in [5, 5.41) is 33.3. The van der Waals surface area contributed by atoms with Crippen molar-refractivity contribution in [2.24, 2.45) is 0 Å². The third-order valence-electron chi connectivity index (χ3n) is 2.76. The summed E-state index contributed by atoms with van der Waals surface area (Å²) in [5.41, 5.74) is -0.569. The van der Waals surface area contributed by atoms with E-state index < -0.39 is 22.8 Å². The molecule has 2 atom stereocenters. The van der Waals surface area contributed by atoms with Crippen LogP contribution in [0.3, 0.4) is 0 Å². The monoisotopic (exact) mass is 336 g/mol. The molecule has 7 nitrogen and oxygen atoms in total. The van der Waals surface area contributed by atoms with E-state index in [1.54, 1.807) is 0 Å². The van der Waals surface area contributed by atoms with Crippen LogP contribution < -0.4 is 5.32 Å². The molecule has 3 N–H and O–H groups in total. The maximum atomic E-state index is 11.0. The Bertz CT molecular complexity index is 553. The van der Waals surface area contributed by atoms with Crippen molar-refractivity contribution in [1.82, 2.24) is 5.32 Å². The largest absolute Gasteiger partial charge is 0.390 e. The third kappa shape index (κ3) is 4.82. The molecule has 9 heteroatoms. The van der Waals surface area contributed by atoms with E-state index in [0.29, 0.717) is 0 Å². The first-order chi connectivity index (χ1) is 9.73. The average Bonchev–Trinajstić information content (AvgIpc) is 2.39. The number of amides is 1. The molecule has 1 amide bonds. The van der Waals surface area contributed by atoms with Crippen LogP contribution in [-0.4, -0.2) is 33.7 Å². The summed E-state index contributed by atoms with van der Waals surface area (Å²) in [7, 11) is 0. The van der Waals surface area contributed by atoms with Crippen molar-refractivity contribution in [1.29, 1.82) is 0 Å². The standard InChI is InChI=1S/C12H14Cl2N2O5/c1-6(17)15-3-2-11(18)12(19)7-4-8(13)9(14)5-10(7)16(20)21/h4-5,11-12,18-19H,2-3H2,1H3,(H,15,17). The summed E-state index contributed by atoms with van der Waals surface area (Å²) in [5.74, 6) is -0.280. The quantitative estimate of drug-likeness (QED) is 0.541. The first-order valence-electron chi connectivity index (χ1n) is 5.98. The van der Waals surface area contributed by atoms with Gasteiger partial charge in [0.1, 0.15) is 6.10 Å². The number of carbonyl (C=O) groups is 1. The lowest BCUT2D eigenvalue weighted by Crippen LogP contribution is -2.28. The van der Waals surface area contributed by atoms with Gasteiger partial charge < -0.3 is 15.5 Å². The highest BCUT2D eigenvalue weighted by Crippen LogP contribution is 2.35. The van der Waals surface area contributed by atoms with Gasteiger partial charge in [0.15, 0.2) is 0 Å². The van der Waals surface area contributed by atoms with Crippen molar-refractivity contribution < 1.29 is 19.9 Å². The number of nitro groups is 1. The summed E-state index contributed by atoms with van der Waals surface area (Å²) < 4.78 is 0. The van der Waals surface area contributed by atoms with Crippen LogP contribution in [0.2, 0.25) is 10.0 Å². The second kappa shape index (κ2) is 7.56. The van der Waals surface area contributed by atoms with Gasteiger partial charge >= 0.3 is 0 Å². The van der Waals surface area contributed by atoms with Crippen LogP contribution in [0, 0.1) is 10.1 Å². The fourth-order valence-corrected chi connectivity index (χ4v) is 2.04. The van der Waals surface area contributed by atoms with E-state index in [0.717, 1.165) is 12.1 Å². The molecule has 21 heavy (non-hydrogen) atoms. The average molecular weight is 337 g/mol. The number of aliphatic hydroxyl groups excluding tert-OH is 2. The van der Waals surface area contributed by atoms with Gasteiger partial charge in [-0.05, 0) is 12.5 Å². The maximum absolute atomic E-state index is 11.0. The number of hydrogen-bond acceptors (Lipinski definition) is 5. The van der Waals surface area contributed by atoms with Crippen LogP contribution in [0.4, 0.5) is 5.69 Å². The van der Waals surface area contributed by atoms with Crippen LogP contribution in [0.15, 0.2) is 12.1 Å². The molecule has 2 unspecified atom stereocenters. The molecule has 0 aromatic heterocycles. The van der Waals surface area contributed by atoms with Crippen LogP contribution in [0.1, 0.15) is 25.0 Å². The van der Waals surface area contributed by atoms with E-state index in [1.807, 2.05) is 0 Å². The molecule has 0 radical (unpaired) electrons. The van der Waals surface area contributed by atoms with Crippen LogP contribution in [0.5, 0.6) is 0 Å². The lowest BCUT2D eigenvalue weighted by atomic mass is 10.0. The summed E-state index contributed by atoms with van der Waals surface area (Å²) in [6, 6.07) is 2.16. The number of benzene rings is 1. The first-order valence-corrected chi connectivity index (χ1v) is 6.73.